The summed E-state index contributed by atoms with van der Waals surface area (Å²) in [5, 5.41) is 10.5. The van der Waals surface area contributed by atoms with E-state index in [0.29, 0.717) is 11.9 Å². The molecule has 2 aromatic rings. The maximum Gasteiger partial charge on any atom is 0.264 e. The number of hydrogen-bond donors (Lipinski definition) is 2. The van der Waals surface area contributed by atoms with Crippen LogP contribution in [0.3, 0.4) is 0 Å². The van der Waals surface area contributed by atoms with E-state index in [9.17, 15) is 9.18 Å². The van der Waals surface area contributed by atoms with E-state index in [2.05, 4.69) is 20.7 Å². The first kappa shape index (κ1) is 20.4. The molecule has 0 spiro atoms. The summed E-state index contributed by atoms with van der Waals surface area (Å²) < 4.78 is 19.8. The van der Waals surface area contributed by atoms with Crippen LogP contribution >= 0.6 is 24.0 Å². The number of ether oxygens (including phenoxy) is 1. The zero-order valence-electron chi connectivity index (χ0n) is 14.2. The van der Waals surface area contributed by atoms with E-state index < -0.39 is 11.7 Å². The summed E-state index contributed by atoms with van der Waals surface area (Å²) in [6.45, 7) is 1.62. The second-order valence-electron chi connectivity index (χ2n) is 5.85. The highest BCUT2D eigenvalue weighted by molar-refractivity contribution is 6.32. The molecule has 1 aromatic heterocycles. The number of anilines is 1. The predicted molar refractivity (Wildman–Crippen MR) is 98.6 cm³/mol. The predicted octanol–water partition coefficient (Wildman–Crippen LogP) is 2.51. The van der Waals surface area contributed by atoms with E-state index in [0.717, 1.165) is 37.8 Å². The van der Waals surface area contributed by atoms with Crippen LogP contribution in [0.25, 0.3) is 0 Å². The molecule has 0 unspecified atom stereocenters. The van der Waals surface area contributed by atoms with Gasteiger partial charge in [0.25, 0.3) is 5.91 Å². The maximum atomic E-state index is 13.0. The third-order valence-electron chi connectivity index (χ3n) is 3.99. The number of benzene rings is 1. The first-order valence-corrected chi connectivity index (χ1v) is 8.40. The summed E-state index contributed by atoms with van der Waals surface area (Å²) in [6, 6.07) is 3.72. The van der Waals surface area contributed by atoms with Gasteiger partial charge in [-0.3, -0.25) is 10.1 Å². The molecule has 10 heteroatoms. The number of rotatable bonds is 5. The Morgan fingerprint density at radius 1 is 1.46 bits per heavy atom. The number of nitrogens with zero attached hydrogens (tertiary/aromatic N) is 3. The van der Waals surface area contributed by atoms with Gasteiger partial charge in [-0.15, -0.1) is 12.4 Å². The molecule has 1 amide bonds. The van der Waals surface area contributed by atoms with Crippen molar-refractivity contribution in [3.63, 3.8) is 0 Å². The molecular formula is C16H20Cl2FN5O2. The molecule has 0 saturated carbocycles. The lowest BCUT2D eigenvalue weighted by Gasteiger charge is -2.19. The molecule has 1 saturated heterocycles. The number of carbonyl (C=O) groups excluding carboxylic acids is 1. The number of aryl methyl sites for hydroxylation is 1. The van der Waals surface area contributed by atoms with Gasteiger partial charge in [0.15, 0.2) is 12.4 Å². The molecule has 142 valence electrons. The van der Waals surface area contributed by atoms with E-state index in [1.165, 1.54) is 12.1 Å². The highest BCUT2D eigenvalue weighted by Gasteiger charge is 2.21. The standard InChI is InChI=1S/C16H19ClFN5O2.ClH/c1-23-16(21-15(22-23)10-4-6-19-7-5-10)20-14(24)9-25-13-3-2-11(18)8-12(13)17;/h2-3,8,10,19H,4-7,9H2,1H3,(H,20,21,22,24);1H. The van der Waals surface area contributed by atoms with E-state index >= 15 is 0 Å². The Balaban J connectivity index is 0.00000243. The van der Waals surface area contributed by atoms with Crippen molar-refractivity contribution in [2.75, 3.05) is 25.0 Å². The minimum absolute atomic E-state index is 0. The molecule has 3 rings (SSSR count). The lowest BCUT2D eigenvalue weighted by atomic mass is 9.98. The van der Waals surface area contributed by atoms with Crippen LogP contribution in [-0.4, -0.2) is 40.4 Å². The van der Waals surface area contributed by atoms with Crippen LogP contribution in [0.5, 0.6) is 5.75 Å². The number of nitrogens with one attached hydrogen (secondary N) is 2. The Labute approximate surface area is 161 Å². The van der Waals surface area contributed by atoms with Gasteiger partial charge in [-0.2, -0.15) is 10.1 Å². The normalized spacial score (nSPS) is 14.6. The number of hydrogen-bond acceptors (Lipinski definition) is 5. The van der Waals surface area contributed by atoms with Crippen molar-refractivity contribution in [2.45, 2.75) is 18.8 Å². The second kappa shape index (κ2) is 9.16. The molecule has 1 aliphatic heterocycles. The summed E-state index contributed by atoms with van der Waals surface area (Å²) >= 11 is 5.86. The molecular weight excluding hydrogens is 384 g/mol. The largest absolute Gasteiger partial charge is 0.482 e. The molecule has 0 atom stereocenters. The van der Waals surface area contributed by atoms with Gasteiger partial charge >= 0.3 is 0 Å². The molecule has 0 radical (unpaired) electrons. The first-order valence-electron chi connectivity index (χ1n) is 8.02. The SMILES string of the molecule is Cl.Cn1nc(C2CCNCC2)nc1NC(=O)COc1ccc(F)cc1Cl. The third-order valence-corrected chi connectivity index (χ3v) is 4.28. The van der Waals surface area contributed by atoms with Crippen LogP contribution < -0.4 is 15.4 Å². The summed E-state index contributed by atoms with van der Waals surface area (Å²) in [4.78, 5) is 16.5. The van der Waals surface area contributed by atoms with Gasteiger partial charge in [0, 0.05) is 13.0 Å². The van der Waals surface area contributed by atoms with Crippen molar-refractivity contribution < 1.29 is 13.9 Å². The topological polar surface area (TPSA) is 81.1 Å². The molecule has 0 aliphatic carbocycles. The Hall–Kier alpha value is -1.90. The monoisotopic (exact) mass is 403 g/mol. The molecule has 26 heavy (non-hydrogen) atoms. The molecule has 2 heterocycles. The van der Waals surface area contributed by atoms with Crippen molar-refractivity contribution in [1.29, 1.82) is 0 Å². The minimum Gasteiger partial charge on any atom is -0.482 e. The van der Waals surface area contributed by atoms with Crippen LogP contribution in [0.1, 0.15) is 24.6 Å². The fraction of sp³-hybridized carbons (Fsp3) is 0.438. The minimum atomic E-state index is -0.466. The Bertz CT molecular complexity index is 765. The third kappa shape index (κ3) is 5.06. The quantitative estimate of drug-likeness (QED) is 0.801. The first-order chi connectivity index (χ1) is 12.0. The van der Waals surface area contributed by atoms with Crippen molar-refractivity contribution in [1.82, 2.24) is 20.1 Å². The maximum absolute atomic E-state index is 13.0. The molecule has 1 aromatic carbocycles. The Morgan fingerprint density at radius 2 is 2.19 bits per heavy atom. The summed E-state index contributed by atoms with van der Waals surface area (Å²) in [5.74, 6) is 0.784. The van der Waals surface area contributed by atoms with E-state index in [1.807, 2.05) is 0 Å². The molecule has 7 nitrogen and oxygen atoms in total. The van der Waals surface area contributed by atoms with Gasteiger partial charge in [-0.25, -0.2) is 9.07 Å². The number of aromatic nitrogens is 3. The van der Waals surface area contributed by atoms with Crippen molar-refractivity contribution in [3.8, 4) is 5.75 Å². The number of amides is 1. The Morgan fingerprint density at radius 3 is 2.88 bits per heavy atom. The zero-order chi connectivity index (χ0) is 17.8. The van der Waals surface area contributed by atoms with Crippen molar-refractivity contribution in [2.24, 2.45) is 7.05 Å². The fourth-order valence-electron chi connectivity index (χ4n) is 2.66. The van der Waals surface area contributed by atoms with E-state index in [4.69, 9.17) is 16.3 Å². The van der Waals surface area contributed by atoms with Gasteiger partial charge in [0.1, 0.15) is 11.6 Å². The lowest BCUT2D eigenvalue weighted by Crippen LogP contribution is -2.27. The van der Waals surface area contributed by atoms with Gasteiger partial charge in [0.2, 0.25) is 5.95 Å². The lowest BCUT2D eigenvalue weighted by molar-refractivity contribution is -0.118. The fourth-order valence-corrected chi connectivity index (χ4v) is 2.88. The molecule has 0 bridgehead atoms. The van der Waals surface area contributed by atoms with E-state index in [1.54, 1.807) is 11.7 Å². The van der Waals surface area contributed by atoms with Crippen LogP contribution in [0.15, 0.2) is 18.2 Å². The van der Waals surface area contributed by atoms with Gasteiger partial charge in [0.05, 0.1) is 5.02 Å². The Kier molecular flexibility index (Phi) is 7.19. The molecule has 1 aliphatic rings. The smallest absolute Gasteiger partial charge is 0.264 e. The van der Waals surface area contributed by atoms with Crippen LogP contribution in [-0.2, 0) is 11.8 Å². The average molecular weight is 404 g/mol. The van der Waals surface area contributed by atoms with Gasteiger partial charge < -0.3 is 10.1 Å². The summed E-state index contributed by atoms with van der Waals surface area (Å²) in [7, 11) is 1.73. The number of halogens is 3. The highest BCUT2D eigenvalue weighted by atomic mass is 35.5. The van der Waals surface area contributed by atoms with Crippen LogP contribution in [0, 0.1) is 5.82 Å². The number of carbonyl (C=O) groups is 1. The summed E-state index contributed by atoms with van der Waals surface area (Å²) in [6.07, 6.45) is 1.95. The van der Waals surface area contributed by atoms with Gasteiger partial charge in [-0.05, 0) is 44.1 Å². The van der Waals surface area contributed by atoms with E-state index in [-0.39, 0.29) is 29.8 Å². The number of piperidine rings is 1. The second-order valence-corrected chi connectivity index (χ2v) is 6.26. The van der Waals surface area contributed by atoms with Crippen LogP contribution in [0.2, 0.25) is 5.02 Å². The van der Waals surface area contributed by atoms with Gasteiger partial charge in [-0.1, -0.05) is 11.6 Å². The summed E-state index contributed by atoms with van der Waals surface area (Å²) in [5.41, 5.74) is 0. The average Bonchev–Trinajstić information content (AvgIpc) is 2.95. The van der Waals surface area contributed by atoms with Crippen molar-refractivity contribution >= 4 is 35.9 Å². The zero-order valence-corrected chi connectivity index (χ0v) is 15.7. The van der Waals surface area contributed by atoms with Crippen LogP contribution in [0.4, 0.5) is 10.3 Å². The van der Waals surface area contributed by atoms with Crippen molar-refractivity contribution in [3.05, 3.63) is 34.9 Å². The molecule has 2 N–H and O–H groups in total. The highest BCUT2D eigenvalue weighted by Crippen LogP contribution is 2.25. The molecule has 1 fully saturated rings.